The van der Waals surface area contributed by atoms with Gasteiger partial charge < -0.3 is 10.0 Å². The van der Waals surface area contributed by atoms with Gasteiger partial charge in [-0.1, -0.05) is 6.92 Å². The Hall–Kier alpha value is -2.45. The second-order valence-corrected chi connectivity index (χ2v) is 4.65. The molecule has 0 heterocycles. The molecule has 4 nitrogen and oxygen atoms in total. The molecule has 0 aromatic heterocycles. The van der Waals surface area contributed by atoms with Crippen LogP contribution in [0.4, 0.5) is 22.0 Å². The van der Waals surface area contributed by atoms with Crippen LogP contribution >= 0.6 is 0 Å². The third-order valence-electron chi connectivity index (χ3n) is 3.04. The molecule has 0 spiro atoms. The van der Waals surface area contributed by atoms with Crippen molar-refractivity contribution in [2.75, 3.05) is 14.1 Å². The summed E-state index contributed by atoms with van der Waals surface area (Å²) in [6.07, 6.45) is -0.0181. The molecule has 1 aromatic rings. The summed E-state index contributed by atoms with van der Waals surface area (Å²) in [6.45, 7) is 1.46. The summed E-state index contributed by atoms with van der Waals surface area (Å²) in [5.74, 6) is -15.5. The van der Waals surface area contributed by atoms with Crippen LogP contribution in [-0.2, 0) is 4.79 Å². The fraction of sp³-hybridized carbons (Fsp3) is 0.286. The van der Waals surface area contributed by atoms with E-state index in [0.29, 0.717) is 0 Å². The molecule has 1 N–H and O–H groups in total. The normalized spacial score (nSPS) is 12.0. The third kappa shape index (κ3) is 3.17. The fourth-order valence-electron chi connectivity index (χ4n) is 2.00. The Morgan fingerprint density at radius 1 is 0.913 bits per heavy atom. The van der Waals surface area contributed by atoms with Gasteiger partial charge in [0.1, 0.15) is 11.1 Å². The molecule has 0 aliphatic heterocycles. The zero-order chi connectivity index (χ0) is 18.1. The van der Waals surface area contributed by atoms with Gasteiger partial charge in [0.05, 0.1) is 0 Å². The van der Waals surface area contributed by atoms with Gasteiger partial charge in [0.15, 0.2) is 23.3 Å². The van der Waals surface area contributed by atoms with E-state index < -0.39 is 52.0 Å². The number of nitrogens with zero attached hydrogens (tertiary/aromatic N) is 1. The molecule has 0 saturated carbocycles. The van der Waals surface area contributed by atoms with Crippen molar-refractivity contribution >= 4 is 11.8 Å². The number of carbonyl (C=O) groups is 2. The monoisotopic (exact) mass is 337 g/mol. The highest BCUT2D eigenvalue weighted by molar-refractivity contribution is 6.24. The van der Waals surface area contributed by atoms with Crippen molar-refractivity contribution in [2.24, 2.45) is 0 Å². The number of benzene rings is 1. The van der Waals surface area contributed by atoms with Gasteiger partial charge in [-0.25, -0.2) is 26.7 Å². The van der Waals surface area contributed by atoms with E-state index >= 15 is 0 Å². The van der Waals surface area contributed by atoms with Crippen LogP contribution in [0.15, 0.2) is 11.3 Å². The number of rotatable bonds is 5. The Bertz CT molecular complexity index is 684. The van der Waals surface area contributed by atoms with Crippen molar-refractivity contribution in [1.29, 1.82) is 0 Å². The van der Waals surface area contributed by atoms with Crippen molar-refractivity contribution in [3.05, 3.63) is 45.9 Å². The number of allylic oxidation sites excluding steroid dienone is 1. The van der Waals surface area contributed by atoms with Crippen molar-refractivity contribution in [3.63, 3.8) is 0 Å². The number of halogens is 5. The molecule has 0 unspecified atom stereocenters. The maximum Gasteiger partial charge on any atom is 0.341 e. The lowest BCUT2D eigenvalue weighted by Crippen LogP contribution is -2.24. The standard InChI is InChI=1S/C14H12F5NO3/c1-4-5(20(2)3)6(14(22)23)13(21)7-8(15)10(17)12(19)11(18)9(7)16/h4H2,1-3H3,(H,22,23). The number of carbonyl (C=O) groups excluding carboxylic acids is 1. The summed E-state index contributed by atoms with van der Waals surface area (Å²) in [4.78, 5) is 24.6. The Morgan fingerprint density at radius 3 is 1.61 bits per heavy atom. The lowest BCUT2D eigenvalue weighted by atomic mass is 9.98. The van der Waals surface area contributed by atoms with Gasteiger partial charge in [-0.2, -0.15) is 0 Å². The summed E-state index contributed by atoms with van der Waals surface area (Å²) < 4.78 is 66.7. The molecule has 1 aromatic carbocycles. The van der Waals surface area contributed by atoms with Crippen LogP contribution in [0, 0.1) is 29.1 Å². The number of hydrogen-bond acceptors (Lipinski definition) is 3. The highest BCUT2D eigenvalue weighted by atomic mass is 19.2. The van der Waals surface area contributed by atoms with Gasteiger partial charge >= 0.3 is 5.97 Å². The van der Waals surface area contributed by atoms with Crippen LogP contribution in [0.25, 0.3) is 0 Å². The lowest BCUT2D eigenvalue weighted by Gasteiger charge is -2.19. The first-order chi connectivity index (χ1) is 10.6. The first-order valence-electron chi connectivity index (χ1n) is 6.26. The molecule has 0 fully saturated rings. The molecular weight excluding hydrogens is 325 g/mol. The minimum atomic E-state index is -2.43. The number of carboxylic acid groups (broad SMARTS) is 1. The lowest BCUT2D eigenvalue weighted by molar-refractivity contribution is -0.132. The van der Waals surface area contributed by atoms with Crippen LogP contribution < -0.4 is 0 Å². The molecule has 9 heteroatoms. The van der Waals surface area contributed by atoms with Gasteiger partial charge in [0.2, 0.25) is 11.6 Å². The van der Waals surface area contributed by atoms with E-state index in [9.17, 15) is 31.5 Å². The molecule has 0 radical (unpaired) electrons. The molecule has 0 atom stereocenters. The van der Waals surface area contributed by atoms with Gasteiger partial charge in [0.25, 0.3) is 0 Å². The zero-order valence-corrected chi connectivity index (χ0v) is 12.3. The molecule has 126 valence electrons. The second kappa shape index (κ2) is 6.76. The van der Waals surface area contributed by atoms with Gasteiger partial charge in [0, 0.05) is 19.8 Å². The first-order valence-corrected chi connectivity index (χ1v) is 6.26. The summed E-state index contributed by atoms with van der Waals surface area (Å²) in [5.41, 5.74) is -3.00. The maximum atomic E-state index is 13.7. The first kappa shape index (κ1) is 18.6. The van der Waals surface area contributed by atoms with Gasteiger partial charge in [-0.05, 0) is 6.42 Å². The fourth-order valence-corrected chi connectivity index (χ4v) is 2.00. The number of aliphatic carboxylic acids is 1. The molecule has 0 aliphatic rings. The Labute approximate surface area is 127 Å². The largest absolute Gasteiger partial charge is 0.477 e. The topological polar surface area (TPSA) is 57.6 Å². The minimum absolute atomic E-state index is 0.0181. The van der Waals surface area contributed by atoms with Crippen molar-refractivity contribution in [1.82, 2.24) is 4.90 Å². The van der Waals surface area contributed by atoms with E-state index in [0.717, 1.165) is 0 Å². The summed E-state index contributed by atoms with van der Waals surface area (Å²) in [6, 6.07) is 0. The summed E-state index contributed by atoms with van der Waals surface area (Å²) >= 11 is 0. The number of carboxylic acids is 1. The molecule has 0 bridgehead atoms. The quantitative estimate of drug-likeness (QED) is 0.171. The average molecular weight is 337 g/mol. The van der Waals surface area contributed by atoms with E-state index in [1.54, 1.807) is 0 Å². The minimum Gasteiger partial charge on any atom is -0.477 e. The van der Waals surface area contributed by atoms with E-state index in [-0.39, 0.29) is 12.1 Å². The van der Waals surface area contributed by atoms with Gasteiger partial charge in [-0.15, -0.1) is 0 Å². The van der Waals surface area contributed by atoms with Gasteiger partial charge in [-0.3, -0.25) is 4.79 Å². The van der Waals surface area contributed by atoms with E-state index in [1.165, 1.54) is 25.9 Å². The van der Waals surface area contributed by atoms with Crippen molar-refractivity contribution in [3.8, 4) is 0 Å². The molecular formula is C14H12F5NO3. The Kier molecular flexibility index (Phi) is 5.46. The smallest absolute Gasteiger partial charge is 0.341 e. The summed E-state index contributed by atoms with van der Waals surface area (Å²) in [5, 5.41) is 9.12. The predicted molar refractivity (Wildman–Crippen MR) is 69.2 cm³/mol. The van der Waals surface area contributed by atoms with E-state index in [2.05, 4.69) is 0 Å². The Morgan fingerprint density at radius 2 is 1.30 bits per heavy atom. The number of hydrogen-bond donors (Lipinski definition) is 1. The van der Waals surface area contributed by atoms with Crippen LogP contribution in [0.1, 0.15) is 23.7 Å². The molecule has 0 amide bonds. The van der Waals surface area contributed by atoms with Crippen LogP contribution in [0.5, 0.6) is 0 Å². The second-order valence-electron chi connectivity index (χ2n) is 4.65. The third-order valence-corrected chi connectivity index (χ3v) is 3.04. The molecule has 0 saturated heterocycles. The SMILES string of the molecule is CCC(=C(C(=O)O)C(=O)c1c(F)c(F)c(F)c(F)c1F)N(C)C. The van der Waals surface area contributed by atoms with Crippen LogP contribution in [-0.4, -0.2) is 35.9 Å². The van der Waals surface area contributed by atoms with E-state index in [1.807, 2.05) is 0 Å². The highest BCUT2D eigenvalue weighted by Gasteiger charge is 2.34. The molecule has 1 rings (SSSR count). The van der Waals surface area contributed by atoms with Crippen molar-refractivity contribution in [2.45, 2.75) is 13.3 Å². The summed E-state index contributed by atoms with van der Waals surface area (Å²) in [7, 11) is 2.74. The molecule has 0 aliphatic carbocycles. The van der Waals surface area contributed by atoms with Crippen LogP contribution in [0.2, 0.25) is 0 Å². The zero-order valence-electron chi connectivity index (χ0n) is 12.3. The Balaban J connectivity index is 3.77. The predicted octanol–water partition coefficient (Wildman–Crippen LogP) is 2.88. The number of Topliss-reactive ketones (excluding diaryl/α,β-unsaturated/α-hetero) is 1. The maximum absolute atomic E-state index is 13.7. The average Bonchev–Trinajstić information content (AvgIpc) is 2.47. The highest BCUT2D eigenvalue weighted by Crippen LogP contribution is 2.27. The van der Waals surface area contributed by atoms with Crippen LogP contribution in [0.3, 0.4) is 0 Å². The molecule has 23 heavy (non-hydrogen) atoms. The van der Waals surface area contributed by atoms with E-state index in [4.69, 9.17) is 5.11 Å². The number of ketones is 1. The van der Waals surface area contributed by atoms with Crippen molar-refractivity contribution < 1.29 is 36.6 Å².